The van der Waals surface area contributed by atoms with Gasteiger partial charge in [-0.15, -0.1) is 0 Å². The first-order valence-electron chi connectivity index (χ1n) is 21.2. The number of allylic oxidation sites excluding steroid dienone is 10. The van der Waals surface area contributed by atoms with Gasteiger partial charge in [0.2, 0.25) is 0 Å². The summed E-state index contributed by atoms with van der Waals surface area (Å²) in [5, 5.41) is 1.28. The number of anilines is 2. The van der Waals surface area contributed by atoms with Gasteiger partial charge in [0.15, 0.2) is 0 Å². The number of benzene rings is 6. The Morgan fingerprint density at radius 3 is 2.31 bits per heavy atom. The molecule has 6 aromatic carbocycles. The zero-order valence-corrected chi connectivity index (χ0v) is 33.4. The predicted molar refractivity (Wildman–Crippen MR) is 247 cm³/mol. The van der Waals surface area contributed by atoms with E-state index in [9.17, 15) is 0 Å². The van der Waals surface area contributed by atoms with E-state index in [1.54, 1.807) is 5.57 Å². The Kier molecular flexibility index (Phi) is 7.56. The van der Waals surface area contributed by atoms with Crippen molar-refractivity contribution in [2.75, 3.05) is 4.90 Å². The molecule has 5 aliphatic rings. The van der Waals surface area contributed by atoms with Crippen LogP contribution in [0.5, 0.6) is 0 Å². The van der Waals surface area contributed by atoms with Crippen molar-refractivity contribution in [2.45, 2.75) is 44.1 Å². The van der Waals surface area contributed by atoms with Gasteiger partial charge in [-0.05, 0) is 125 Å². The lowest BCUT2D eigenvalue weighted by atomic mass is 9.67. The summed E-state index contributed by atoms with van der Waals surface area (Å²) in [6.45, 7) is 4.54. The van der Waals surface area contributed by atoms with Crippen molar-refractivity contribution >= 4 is 22.3 Å². The van der Waals surface area contributed by atoms with Crippen LogP contribution in [0, 0.1) is 0 Å². The van der Waals surface area contributed by atoms with Gasteiger partial charge in [-0.3, -0.25) is 0 Å². The first-order chi connectivity index (χ1) is 29.2. The standard InChI is InChI=1S/C57H44N2/c1-3-18-42-37(2)57(49-28-12-7-23-43(42)49)50-29-13-8-24-44(50)45-34-33-39(36-51(45)57)38-19-17-22-41(35-38)58-52-30-14-9-25-46(52)55-47-26-10-15-31-53(47)59(40-20-5-4-6-21-40)56(55)48-27-11-16-32-54(48)58/h3-11,13-27,29-36,48,54H,12,28H2,1-2H3/b18-3-. The molecule has 0 amide bonds. The molecule has 4 aliphatic carbocycles. The number of hydrogen-bond acceptors (Lipinski definition) is 1. The van der Waals surface area contributed by atoms with Crippen LogP contribution in [0.2, 0.25) is 0 Å². The van der Waals surface area contributed by atoms with Crippen LogP contribution < -0.4 is 4.90 Å². The summed E-state index contributed by atoms with van der Waals surface area (Å²) in [5.74, 6) is 0.104. The van der Waals surface area contributed by atoms with Crippen molar-refractivity contribution in [3.8, 4) is 39.1 Å². The molecular weight excluding hydrogens is 713 g/mol. The van der Waals surface area contributed by atoms with Crippen molar-refractivity contribution in [2.24, 2.45) is 0 Å². The number of hydrogen-bond donors (Lipinski definition) is 0. The Hall–Kier alpha value is -6.90. The first-order valence-corrected chi connectivity index (χ1v) is 21.2. The van der Waals surface area contributed by atoms with Gasteiger partial charge in [-0.2, -0.15) is 0 Å². The van der Waals surface area contributed by atoms with Gasteiger partial charge in [0, 0.05) is 45.2 Å². The molecule has 2 heteroatoms. The lowest BCUT2D eigenvalue weighted by Gasteiger charge is -2.37. The molecule has 12 rings (SSSR count). The first kappa shape index (κ1) is 34.2. The minimum Gasteiger partial charge on any atom is -0.333 e. The Labute approximate surface area is 346 Å². The van der Waals surface area contributed by atoms with Crippen LogP contribution >= 0.6 is 0 Å². The van der Waals surface area contributed by atoms with Gasteiger partial charge in [0.25, 0.3) is 0 Å². The number of aromatic nitrogens is 1. The monoisotopic (exact) mass is 756 g/mol. The van der Waals surface area contributed by atoms with Gasteiger partial charge >= 0.3 is 0 Å². The normalized spacial score (nSPS) is 20.9. The Balaban J connectivity index is 1.05. The van der Waals surface area contributed by atoms with Crippen molar-refractivity contribution < 1.29 is 0 Å². The van der Waals surface area contributed by atoms with E-state index in [0.717, 1.165) is 12.8 Å². The smallest absolute Gasteiger partial charge is 0.0648 e. The molecule has 3 unspecified atom stereocenters. The van der Waals surface area contributed by atoms with Crippen LogP contribution in [0.25, 0.3) is 50.0 Å². The molecule has 0 bridgehead atoms. The highest BCUT2D eigenvalue weighted by Gasteiger charge is 2.52. The Bertz CT molecular complexity index is 3080. The molecular formula is C57H44N2. The van der Waals surface area contributed by atoms with E-state index >= 15 is 0 Å². The van der Waals surface area contributed by atoms with E-state index in [-0.39, 0.29) is 17.4 Å². The van der Waals surface area contributed by atoms with Crippen LogP contribution in [-0.4, -0.2) is 10.6 Å². The SMILES string of the molecule is C/C=C\C1=C(C)C2(C3=C1C=CCC3)c1ccccc1-c1ccc(-c3cccc(N4c5ccccc5-c5c(n(-c6ccccc6)c6ccccc56)C5C=CC=CC54)c3)cc12. The average Bonchev–Trinajstić information content (AvgIpc) is 3.85. The topological polar surface area (TPSA) is 8.17 Å². The zero-order chi connectivity index (χ0) is 39.2. The molecule has 2 nitrogen and oxygen atoms in total. The molecule has 1 aliphatic heterocycles. The lowest BCUT2D eigenvalue weighted by Crippen LogP contribution is -2.35. The maximum absolute atomic E-state index is 2.61. The second-order valence-corrected chi connectivity index (χ2v) is 16.6. The summed E-state index contributed by atoms with van der Waals surface area (Å²) >= 11 is 0. The summed E-state index contributed by atoms with van der Waals surface area (Å²) in [6.07, 6.45) is 20.8. The molecule has 0 N–H and O–H groups in total. The lowest BCUT2D eigenvalue weighted by molar-refractivity contribution is 0.672. The van der Waals surface area contributed by atoms with Crippen molar-refractivity contribution in [3.05, 3.63) is 233 Å². The molecule has 1 spiro atoms. The maximum atomic E-state index is 2.61. The molecule has 0 radical (unpaired) electrons. The largest absolute Gasteiger partial charge is 0.333 e. The molecule has 1 aromatic heterocycles. The summed E-state index contributed by atoms with van der Waals surface area (Å²) in [7, 11) is 0. The Morgan fingerprint density at radius 2 is 1.41 bits per heavy atom. The third-order valence-electron chi connectivity index (χ3n) is 13.8. The van der Waals surface area contributed by atoms with E-state index in [0.29, 0.717) is 0 Å². The van der Waals surface area contributed by atoms with Crippen LogP contribution in [0.3, 0.4) is 0 Å². The summed E-state index contributed by atoms with van der Waals surface area (Å²) in [5.41, 5.74) is 22.3. The highest BCUT2D eigenvalue weighted by atomic mass is 15.2. The number of para-hydroxylation sites is 3. The number of fused-ring (bicyclic) bond motifs is 13. The van der Waals surface area contributed by atoms with Crippen molar-refractivity contribution in [3.63, 3.8) is 0 Å². The summed E-state index contributed by atoms with van der Waals surface area (Å²) < 4.78 is 2.52. The van der Waals surface area contributed by atoms with E-state index in [1.807, 2.05) is 0 Å². The second-order valence-electron chi connectivity index (χ2n) is 16.6. The molecule has 0 fully saturated rings. The van der Waals surface area contributed by atoms with Gasteiger partial charge in [-0.1, -0.05) is 152 Å². The van der Waals surface area contributed by atoms with E-state index in [2.05, 4.69) is 218 Å². The van der Waals surface area contributed by atoms with Crippen LogP contribution in [-0.2, 0) is 5.41 Å². The molecule has 3 atom stereocenters. The van der Waals surface area contributed by atoms with Gasteiger partial charge < -0.3 is 9.47 Å². The third-order valence-corrected chi connectivity index (χ3v) is 13.8. The average molecular weight is 757 g/mol. The molecule has 0 saturated heterocycles. The highest BCUT2D eigenvalue weighted by molar-refractivity contribution is 6.04. The fourth-order valence-electron chi connectivity index (χ4n) is 11.5. The van der Waals surface area contributed by atoms with Gasteiger partial charge in [0.05, 0.1) is 17.0 Å². The molecule has 0 saturated carbocycles. The fourth-order valence-corrected chi connectivity index (χ4v) is 11.5. The third kappa shape index (κ3) is 4.69. The van der Waals surface area contributed by atoms with E-state index in [4.69, 9.17) is 0 Å². The Morgan fingerprint density at radius 1 is 0.661 bits per heavy atom. The van der Waals surface area contributed by atoms with Gasteiger partial charge in [0.1, 0.15) is 0 Å². The minimum atomic E-state index is -0.266. The van der Waals surface area contributed by atoms with Crippen molar-refractivity contribution in [1.29, 1.82) is 0 Å². The van der Waals surface area contributed by atoms with Crippen LogP contribution in [0.15, 0.2) is 216 Å². The van der Waals surface area contributed by atoms with E-state index < -0.39 is 0 Å². The number of nitrogens with zero attached hydrogens (tertiary/aromatic N) is 2. The number of rotatable bonds is 4. The molecule has 7 aromatic rings. The predicted octanol–water partition coefficient (Wildman–Crippen LogP) is 14.5. The second kappa shape index (κ2) is 13.1. The zero-order valence-electron chi connectivity index (χ0n) is 33.4. The summed E-state index contributed by atoms with van der Waals surface area (Å²) in [4.78, 5) is 2.61. The maximum Gasteiger partial charge on any atom is 0.0648 e. The highest BCUT2D eigenvalue weighted by Crippen LogP contribution is 2.63. The van der Waals surface area contributed by atoms with Crippen LogP contribution in [0.1, 0.15) is 49.4 Å². The van der Waals surface area contributed by atoms with E-state index in [1.165, 1.54) is 94.9 Å². The fraction of sp³-hybridized carbons (Fsp3) is 0.123. The molecule has 282 valence electrons. The minimum absolute atomic E-state index is 0.0586. The summed E-state index contributed by atoms with van der Waals surface area (Å²) in [6, 6.07) is 54.8. The van der Waals surface area contributed by atoms with Crippen LogP contribution in [0.4, 0.5) is 11.4 Å². The van der Waals surface area contributed by atoms with Crippen molar-refractivity contribution in [1.82, 2.24) is 4.57 Å². The molecule has 59 heavy (non-hydrogen) atoms. The quantitative estimate of drug-likeness (QED) is 0.174. The molecule has 2 heterocycles. The van der Waals surface area contributed by atoms with Gasteiger partial charge in [-0.25, -0.2) is 0 Å².